The Balaban J connectivity index is 1.67. The lowest BCUT2D eigenvalue weighted by atomic mass is 9.93. The first kappa shape index (κ1) is 18.0. The summed E-state index contributed by atoms with van der Waals surface area (Å²) in [5.41, 5.74) is 0.418. The van der Waals surface area contributed by atoms with Crippen molar-refractivity contribution in [3.63, 3.8) is 0 Å². The summed E-state index contributed by atoms with van der Waals surface area (Å²) < 4.78 is 27.2. The van der Waals surface area contributed by atoms with E-state index >= 15 is 0 Å². The van der Waals surface area contributed by atoms with Gasteiger partial charge in [0.15, 0.2) is 0 Å². The molecule has 2 atom stereocenters. The molecular weight excluding hydrogens is 369 g/mol. The first-order valence-corrected chi connectivity index (χ1v) is 8.53. The summed E-state index contributed by atoms with van der Waals surface area (Å²) >= 11 is 11.7. The number of amides is 2. The van der Waals surface area contributed by atoms with Crippen LogP contribution in [-0.2, 0) is 5.41 Å². The zero-order valence-electron chi connectivity index (χ0n) is 13.4. The van der Waals surface area contributed by atoms with Crippen LogP contribution in [0.3, 0.4) is 0 Å². The molecule has 0 saturated heterocycles. The predicted octanol–water partition coefficient (Wildman–Crippen LogP) is 5.37. The van der Waals surface area contributed by atoms with E-state index in [4.69, 9.17) is 23.2 Å². The Morgan fingerprint density at radius 3 is 2.52 bits per heavy atom. The highest BCUT2D eigenvalue weighted by Crippen LogP contribution is 2.54. The summed E-state index contributed by atoms with van der Waals surface area (Å²) in [6.45, 7) is 2.23. The summed E-state index contributed by atoms with van der Waals surface area (Å²) in [4.78, 5) is 12.1. The maximum Gasteiger partial charge on any atom is 0.319 e. The molecule has 0 radical (unpaired) electrons. The molecule has 25 heavy (non-hydrogen) atoms. The molecule has 2 N–H and O–H groups in total. The van der Waals surface area contributed by atoms with E-state index in [1.165, 1.54) is 12.1 Å². The molecule has 0 aromatic heterocycles. The molecule has 1 aliphatic carbocycles. The number of urea groups is 1. The van der Waals surface area contributed by atoms with Gasteiger partial charge >= 0.3 is 6.03 Å². The molecule has 0 aliphatic heterocycles. The first-order chi connectivity index (χ1) is 11.8. The van der Waals surface area contributed by atoms with Gasteiger partial charge in [0.05, 0.1) is 10.0 Å². The highest BCUT2D eigenvalue weighted by atomic mass is 35.5. The number of benzene rings is 2. The summed E-state index contributed by atoms with van der Waals surface area (Å²) in [5.74, 6) is -1.01. The molecule has 3 rings (SSSR count). The van der Waals surface area contributed by atoms with Gasteiger partial charge in [0, 0.05) is 23.7 Å². The lowest BCUT2D eigenvalue weighted by Gasteiger charge is -2.19. The van der Waals surface area contributed by atoms with Crippen molar-refractivity contribution >= 4 is 34.9 Å². The van der Waals surface area contributed by atoms with Crippen molar-refractivity contribution in [2.75, 3.05) is 11.9 Å². The molecule has 1 saturated carbocycles. The van der Waals surface area contributed by atoms with E-state index in [1.807, 2.05) is 6.92 Å². The van der Waals surface area contributed by atoms with Crippen molar-refractivity contribution in [1.82, 2.24) is 5.32 Å². The van der Waals surface area contributed by atoms with E-state index in [-0.39, 0.29) is 12.5 Å². The fraction of sp³-hybridized carbons (Fsp3) is 0.278. The third-order valence-electron chi connectivity index (χ3n) is 4.66. The van der Waals surface area contributed by atoms with Crippen LogP contribution in [0.15, 0.2) is 36.4 Å². The van der Waals surface area contributed by atoms with Crippen LogP contribution in [0, 0.1) is 17.6 Å². The Bertz CT molecular complexity index is 831. The number of anilines is 1. The predicted molar refractivity (Wildman–Crippen MR) is 95.3 cm³/mol. The largest absolute Gasteiger partial charge is 0.337 e. The van der Waals surface area contributed by atoms with Crippen LogP contribution in [0.4, 0.5) is 19.3 Å². The average Bonchev–Trinajstić information content (AvgIpc) is 3.20. The summed E-state index contributed by atoms with van der Waals surface area (Å²) in [7, 11) is 0. The smallest absolute Gasteiger partial charge is 0.319 e. The number of rotatable bonds is 4. The molecule has 0 bridgehead atoms. The number of halogens is 4. The molecule has 0 spiro atoms. The number of carbonyl (C=O) groups excluding carboxylic acids is 1. The lowest BCUT2D eigenvalue weighted by molar-refractivity contribution is 0.250. The highest BCUT2D eigenvalue weighted by molar-refractivity contribution is 6.42. The van der Waals surface area contributed by atoms with Crippen molar-refractivity contribution in [2.45, 2.75) is 18.8 Å². The van der Waals surface area contributed by atoms with E-state index in [1.54, 1.807) is 18.2 Å². The van der Waals surface area contributed by atoms with Gasteiger partial charge in [-0.15, -0.1) is 0 Å². The number of nitrogens with one attached hydrogen (secondary N) is 2. The number of hydrogen-bond acceptors (Lipinski definition) is 1. The minimum atomic E-state index is -0.616. The van der Waals surface area contributed by atoms with Crippen LogP contribution in [0.25, 0.3) is 0 Å². The Morgan fingerprint density at radius 1 is 1.20 bits per heavy atom. The van der Waals surface area contributed by atoms with E-state index in [2.05, 4.69) is 10.6 Å². The molecule has 1 fully saturated rings. The topological polar surface area (TPSA) is 41.1 Å². The maximum atomic E-state index is 14.1. The van der Waals surface area contributed by atoms with Crippen LogP contribution in [0.5, 0.6) is 0 Å². The van der Waals surface area contributed by atoms with Gasteiger partial charge in [-0.25, -0.2) is 13.6 Å². The van der Waals surface area contributed by atoms with Crippen LogP contribution in [0.1, 0.15) is 18.9 Å². The zero-order valence-corrected chi connectivity index (χ0v) is 14.9. The molecular formula is C18H16Cl2F2N2O. The third-order valence-corrected chi connectivity index (χ3v) is 5.40. The molecule has 3 nitrogen and oxygen atoms in total. The van der Waals surface area contributed by atoms with Gasteiger partial charge in [-0.1, -0.05) is 36.2 Å². The Kier molecular flexibility index (Phi) is 4.89. The molecule has 1 aliphatic rings. The van der Waals surface area contributed by atoms with E-state index in [0.29, 0.717) is 21.3 Å². The number of hydrogen-bond donors (Lipinski definition) is 2. The minimum absolute atomic E-state index is 0.192. The van der Waals surface area contributed by atoms with Crippen molar-refractivity contribution in [1.29, 1.82) is 0 Å². The minimum Gasteiger partial charge on any atom is -0.337 e. The molecule has 132 valence electrons. The fourth-order valence-corrected chi connectivity index (χ4v) is 3.38. The second-order valence-electron chi connectivity index (χ2n) is 6.32. The van der Waals surface area contributed by atoms with E-state index < -0.39 is 23.1 Å². The lowest BCUT2D eigenvalue weighted by Crippen LogP contribution is -2.36. The van der Waals surface area contributed by atoms with Crippen LogP contribution in [-0.4, -0.2) is 12.6 Å². The molecule has 0 heterocycles. The van der Waals surface area contributed by atoms with Gasteiger partial charge in [-0.3, -0.25) is 0 Å². The van der Waals surface area contributed by atoms with Crippen molar-refractivity contribution < 1.29 is 13.6 Å². The number of carbonyl (C=O) groups is 1. The Labute approximate surface area is 154 Å². The van der Waals surface area contributed by atoms with Crippen molar-refractivity contribution in [2.24, 2.45) is 5.92 Å². The Morgan fingerprint density at radius 2 is 1.92 bits per heavy atom. The van der Waals surface area contributed by atoms with Crippen molar-refractivity contribution in [3.05, 3.63) is 63.6 Å². The molecule has 2 amide bonds. The second kappa shape index (κ2) is 6.81. The van der Waals surface area contributed by atoms with Gasteiger partial charge in [0.25, 0.3) is 0 Å². The SMILES string of the molecule is CC1CC1(CNC(=O)Nc1ccc(Cl)c(Cl)c1)c1ccc(F)cc1F. The molecule has 7 heteroatoms. The first-order valence-electron chi connectivity index (χ1n) is 7.77. The van der Waals surface area contributed by atoms with Crippen LogP contribution in [0.2, 0.25) is 10.0 Å². The summed E-state index contributed by atoms with van der Waals surface area (Å²) in [6.07, 6.45) is 0.725. The monoisotopic (exact) mass is 384 g/mol. The highest BCUT2D eigenvalue weighted by Gasteiger charge is 2.53. The Hall–Kier alpha value is -1.85. The van der Waals surface area contributed by atoms with Gasteiger partial charge < -0.3 is 10.6 Å². The van der Waals surface area contributed by atoms with Gasteiger partial charge in [-0.2, -0.15) is 0 Å². The van der Waals surface area contributed by atoms with E-state index in [9.17, 15) is 13.6 Å². The summed E-state index contributed by atoms with van der Waals surface area (Å²) in [5, 5.41) is 6.13. The standard InChI is InChI=1S/C18H16Cl2F2N2O/c1-10-8-18(10,13-4-2-11(21)6-16(13)22)9-23-17(25)24-12-3-5-14(19)15(20)7-12/h2-7,10H,8-9H2,1H3,(H2,23,24,25). The van der Waals surface area contributed by atoms with Gasteiger partial charge in [0.2, 0.25) is 0 Å². The van der Waals surface area contributed by atoms with E-state index in [0.717, 1.165) is 12.5 Å². The second-order valence-corrected chi connectivity index (χ2v) is 7.14. The quantitative estimate of drug-likeness (QED) is 0.730. The molecule has 2 aromatic carbocycles. The van der Waals surface area contributed by atoms with Crippen LogP contribution < -0.4 is 10.6 Å². The van der Waals surface area contributed by atoms with Crippen LogP contribution >= 0.6 is 23.2 Å². The molecule has 2 unspecified atom stereocenters. The fourth-order valence-electron chi connectivity index (χ4n) is 3.08. The van der Waals surface area contributed by atoms with Crippen molar-refractivity contribution in [3.8, 4) is 0 Å². The zero-order chi connectivity index (χ0) is 18.2. The average molecular weight is 385 g/mol. The summed E-state index contributed by atoms with van der Waals surface area (Å²) in [6, 6.07) is 7.88. The van der Waals surface area contributed by atoms with Gasteiger partial charge in [0.1, 0.15) is 11.6 Å². The molecule has 2 aromatic rings. The third kappa shape index (κ3) is 3.72. The maximum absolute atomic E-state index is 14.1. The van der Waals surface area contributed by atoms with Gasteiger partial charge in [-0.05, 0) is 42.2 Å². The normalized spacial score (nSPS) is 21.7.